The van der Waals surface area contributed by atoms with Crippen molar-refractivity contribution < 1.29 is 9.59 Å². The summed E-state index contributed by atoms with van der Waals surface area (Å²) in [7, 11) is 0. The van der Waals surface area contributed by atoms with Crippen LogP contribution in [0.25, 0.3) is 0 Å². The molecule has 4 nitrogen and oxygen atoms in total. The summed E-state index contributed by atoms with van der Waals surface area (Å²) >= 11 is 5.95. The number of carbonyl (C=O) groups is 2. The van der Waals surface area contributed by atoms with Crippen LogP contribution >= 0.6 is 11.6 Å². The average molecular weight is 397 g/mol. The Hall–Kier alpha value is -2.33. The summed E-state index contributed by atoms with van der Waals surface area (Å²) in [6, 6.07) is 17.1. The molecular formula is C23H25ClN2O2. The highest BCUT2D eigenvalue weighted by Gasteiger charge is 2.42. The lowest BCUT2D eigenvalue weighted by molar-refractivity contribution is -0.136. The van der Waals surface area contributed by atoms with E-state index in [2.05, 4.69) is 12.1 Å². The summed E-state index contributed by atoms with van der Waals surface area (Å²) < 4.78 is 0. The monoisotopic (exact) mass is 396 g/mol. The number of rotatable bonds is 3. The second kappa shape index (κ2) is 8.36. The number of hydrogen-bond acceptors (Lipinski definition) is 2. The molecule has 2 unspecified atom stereocenters. The molecule has 2 aliphatic rings. The van der Waals surface area contributed by atoms with Gasteiger partial charge in [0, 0.05) is 42.7 Å². The standard InChI is InChI=1S/C23H25ClN2O2/c24-19-11-9-18(10-12-19)22(27)26-15-20(17-7-3-1-4-8-17)21(16-26)23(28)25-13-5-2-6-14-25/h1,3-4,7-12,20-21H,2,5-6,13-16H2. The Bertz CT molecular complexity index is 831. The Balaban J connectivity index is 1.58. The van der Waals surface area contributed by atoms with E-state index < -0.39 is 0 Å². The molecule has 2 atom stereocenters. The van der Waals surface area contributed by atoms with Gasteiger partial charge < -0.3 is 9.80 Å². The average Bonchev–Trinajstić information content (AvgIpc) is 3.20. The van der Waals surface area contributed by atoms with Crippen LogP contribution in [0.5, 0.6) is 0 Å². The number of benzene rings is 2. The maximum Gasteiger partial charge on any atom is 0.253 e. The zero-order chi connectivity index (χ0) is 19.5. The fourth-order valence-electron chi connectivity index (χ4n) is 4.38. The summed E-state index contributed by atoms with van der Waals surface area (Å²) in [6.07, 6.45) is 3.33. The maximum absolute atomic E-state index is 13.3. The zero-order valence-corrected chi connectivity index (χ0v) is 16.6. The van der Waals surface area contributed by atoms with Crippen LogP contribution in [-0.4, -0.2) is 47.8 Å². The number of carbonyl (C=O) groups excluding carboxylic acids is 2. The van der Waals surface area contributed by atoms with Crippen molar-refractivity contribution in [1.29, 1.82) is 0 Å². The van der Waals surface area contributed by atoms with Crippen LogP contribution < -0.4 is 0 Å². The van der Waals surface area contributed by atoms with E-state index in [-0.39, 0.29) is 23.7 Å². The number of likely N-dealkylation sites (tertiary alicyclic amines) is 2. The molecule has 5 heteroatoms. The van der Waals surface area contributed by atoms with Crippen molar-refractivity contribution in [3.05, 3.63) is 70.7 Å². The third kappa shape index (κ3) is 3.93. The van der Waals surface area contributed by atoms with E-state index in [0.717, 1.165) is 31.5 Å². The Morgan fingerprint density at radius 1 is 0.821 bits per heavy atom. The largest absolute Gasteiger partial charge is 0.342 e. The molecule has 2 heterocycles. The molecule has 2 aliphatic heterocycles. The van der Waals surface area contributed by atoms with Gasteiger partial charge in [-0.15, -0.1) is 0 Å². The normalized spacial score (nSPS) is 22.3. The van der Waals surface area contributed by atoms with Gasteiger partial charge in [-0.05, 0) is 49.1 Å². The molecule has 0 bridgehead atoms. The summed E-state index contributed by atoms with van der Waals surface area (Å²) in [4.78, 5) is 30.2. The van der Waals surface area contributed by atoms with Gasteiger partial charge in [0.2, 0.25) is 5.91 Å². The van der Waals surface area contributed by atoms with Gasteiger partial charge in [0.1, 0.15) is 0 Å². The molecule has 2 fully saturated rings. The van der Waals surface area contributed by atoms with Crippen molar-refractivity contribution in [3.8, 4) is 0 Å². The molecule has 2 aromatic carbocycles. The molecule has 0 spiro atoms. The third-order valence-corrected chi connectivity index (χ3v) is 6.16. The van der Waals surface area contributed by atoms with Crippen molar-refractivity contribution in [2.75, 3.05) is 26.2 Å². The first kappa shape index (κ1) is 19.0. The van der Waals surface area contributed by atoms with E-state index in [0.29, 0.717) is 23.7 Å². The van der Waals surface area contributed by atoms with Gasteiger partial charge in [0.25, 0.3) is 5.91 Å². The van der Waals surface area contributed by atoms with Crippen molar-refractivity contribution in [3.63, 3.8) is 0 Å². The first-order valence-electron chi connectivity index (χ1n) is 10.0. The highest BCUT2D eigenvalue weighted by molar-refractivity contribution is 6.30. The summed E-state index contributed by atoms with van der Waals surface area (Å²) in [5.41, 5.74) is 1.74. The summed E-state index contributed by atoms with van der Waals surface area (Å²) in [6.45, 7) is 2.70. The lowest BCUT2D eigenvalue weighted by Gasteiger charge is -2.30. The van der Waals surface area contributed by atoms with E-state index in [4.69, 9.17) is 11.6 Å². The SMILES string of the molecule is O=C(c1ccc(Cl)cc1)N1CC(C(=O)N2CCCCC2)C(c2ccccc2)C1. The summed E-state index contributed by atoms with van der Waals surface area (Å²) in [5.74, 6) is 0.00938. The molecule has 146 valence electrons. The quantitative estimate of drug-likeness (QED) is 0.779. The second-order valence-corrected chi connectivity index (χ2v) is 8.16. The van der Waals surface area contributed by atoms with Gasteiger partial charge in [-0.1, -0.05) is 41.9 Å². The van der Waals surface area contributed by atoms with E-state index in [1.54, 1.807) is 24.3 Å². The predicted octanol–water partition coefficient (Wildman–Crippen LogP) is 4.21. The van der Waals surface area contributed by atoms with Crippen LogP contribution in [0, 0.1) is 5.92 Å². The van der Waals surface area contributed by atoms with Crippen molar-refractivity contribution in [2.45, 2.75) is 25.2 Å². The van der Waals surface area contributed by atoms with E-state index >= 15 is 0 Å². The van der Waals surface area contributed by atoms with Crippen molar-refractivity contribution in [1.82, 2.24) is 9.80 Å². The molecule has 0 saturated carbocycles. The number of nitrogens with zero attached hydrogens (tertiary/aromatic N) is 2. The predicted molar refractivity (Wildman–Crippen MR) is 110 cm³/mol. The molecule has 2 amide bonds. The number of halogens is 1. The molecule has 0 N–H and O–H groups in total. The molecule has 0 radical (unpaired) electrons. The fourth-order valence-corrected chi connectivity index (χ4v) is 4.51. The van der Waals surface area contributed by atoms with Crippen LogP contribution in [0.4, 0.5) is 0 Å². The molecule has 0 aromatic heterocycles. The highest BCUT2D eigenvalue weighted by Crippen LogP contribution is 2.35. The first-order valence-corrected chi connectivity index (χ1v) is 10.4. The van der Waals surface area contributed by atoms with E-state index in [1.807, 2.05) is 28.0 Å². The Morgan fingerprint density at radius 2 is 1.50 bits per heavy atom. The second-order valence-electron chi connectivity index (χ2n) is 7.73. The highest BCUT2D eigenvalue weighted by atomic mass is 35.5. The number of amides is 2. The molecule has 0 aliphatic carbocycles. The Morgan fingerprint density at radius 3 is 2.18 bits per heavy atom. The topological polar surface area (TPSA) is 40.6 Å². The third-order valence-electron chi connectivity index (χ3n) is 5.91. The van der Waals surface area contributed by atoms with E-state index in [1.165, 1.54) is 6.42 Å². The minimum atomic E-state index is -0.184. The number of hydrogen-bond donors (Lipinski definition) is 0. The lowest BCUT2D eigenvalue weighted by atomic mass is 9.87. The smallest absolute Gasteiger partial charge is 0.253 e. The molecular weight excluding hydrogens is 372 g/mol. The Kier molecular flexibility index (Phi) is 5.67. The van der Waals surface area contributed by atoms with E-state index in [9.17, 15) is 9.59 Å². The van der Waals surface area contributed by atoms with Crippen molar-refractivity contribution in [2.24, 2.45) is 5.92 Å². The van der Waals surface area contributed by atoms with Gasteiger partial charge in [-0.3, -0.25) is 9.59 Å². The van der Waals surface area contributed by atoms with Crippen LogP contribution in [0.15, 0.2) is 54.6 Å². The van der Waals surface area contributed by atoms with Crippen molar-refractivity contribution >= 4 is 23.4 Å². The van der Waals surface area contributed by atoms with Crippen LogP contribution in [0.1, 0.15) is 41.1 Å². The summed E-state index contributed by atoms with van der Waals surface area (Å²) in [5, 5.41) is 0.610. The first-order chi connectivity index (χ1) is 13.6. The molecule has 2 aromatic rings. The van der Waals surface area contributed by atoms with Crippen LogP contribution in [0.3, 0.4) is 0 Å². The number of piperidine rings is 1. The van der Waals surface area contributed by atoms with Gasteiger partial charge in [0.05, 0.1) is 5.92 Å². The van der Waals surface area contributed by atoms with Crippen LogP contribution in [0.2, 0.25) is 5.02 Å². The zero-order valence-electron chi connectivity index (χ0n) is 15.9. The molecule has 28 heavy (non-hydrogen) atoms. The lowest BCUT2D eigenvalue weighted by Crippen LogP contribution is -2.42. The molecule has 2 saturated heterocycles. The minimum absolute atomic E-state index is 0.0341. The van der Waals surface area contributed by atoms with Gasteiger partial charge >= 0.3 is 0 Å². The van der Waals surface area contributed by atoms with Gasteiger partial charge in [0.15, 0.2) is 0 Å². The fraction of sp³-hybridized carbons (Fsp3) is 0.391. The maximum atomic E-state index is 13.3. The van der Waals surface area contributed by atoms with Gasteiger partial charge in [-0.25, -0.2) is 0 Å². The van der Waals surface area contributed by atoms with Gasteiger partial charge in [-0.2, -0.15) is 0 Å². The minimum Gasteiger partial charge on any atom is -0.342 e. The van der Waals surface area contributed by atoms with Crippen LogP contribution in [-0.2, 0) is 4.79 Å². The Labute approximate surface area is 171 Å². The molecule has 4 rings (SSSR count).